The highest BCUT2D eigenvalue weighted by Crippen LogP contribution is 2.23. The Bertz CT molecular complexity index is 505. The third-order valence-corrected chi connectivity index (χ3v) is 4.74. The molecule has 0 aromatic heterocycles. The van der Waals surface area contributed by atoms with Crippen LogP contribution in [0.1, 0.15) is 33.3 Å². The fourth-order valence-corrected chi connectivity index (χ4v) is 4.02. The van der Waals surface area contributed by atoms with Crippen LogP contribution in [0.25, 0.3) is 0 Å². The fraction of sp³-hybridized carbons (Fsp3) is 0.571. The molecule has 0 radical (unpaired) electrons. The summed E-state index contributed by atoms with van der Waals surface area (Å²) in [5, 5.41) is 9.57. The Morgan fingerprint density at radius 1 is 1.11 bits per heavy atom. The minimum atomic E-state index is -3.47. The number of hydrogen-bond donors (Lipinski definition) is 2. The topological polar surface area (TPSA) is 66.4 Å². The first-order chi connectivity index (χ1) is 8.58. The number of rotatable bonds is 5. The molecule has 0 saturated carbocycles. The lowest BCUT2D eigenvalue weighted by molar-refractivity contribution is 0.195. The molecule has 0 aliphatic heterocycles. The summed E-state index contributed by atoms with van der Waals surface area (Å²) in [5.74, 6) is 0.0163. The van der Waals surface area contributed by atoms with E-state index < -0.39 is 15.6 Å². The lowest BCUT2D eigenvalue weighted by atomic mass is 9.94. The molecule has 0 amide bonds. The number of sulfonamides is 1. The minimum Gasteiger partial charge on any atom is -0.394 e. The third-order valence-electron chi connectivity index (χ3n) is 2.73. The second kappa shape index (κ2) is 5.61. The van der Waals surface area contributed by atoms with Crippen LogP contribution >= 0.6 is 0 Å². The van der Waals surface area contributed by atoms with Gasteiger partial charge in [0.05, 0.1) is 17.9 Å². The highest BCUT2D eigenvalue weighted by atomic mass is 32.2. The van der Waals surface area contributed by atoms with Gasteiger partial charge in [-0.1, -0.05) is 51.1 Å². The summed E-state index contributed by atoms with van der Waals surface area (Å²) in [6, 6.07) is 9.10. The van der Waals surface area contributed by atoms with Crippen LogP contribution < -0.4 is 4.72 Å². The smallest absolute Gasteiger partial charge is 0.212 e. The van der Waals surface area contributed by atoms with Crippen LogP contribution in [0.2, 0.25) is 0 Å². The van der Waals surface area contributed by atoms with Crippen molar-refractivity contribution >= 4 is 10.0 Å². The first-order valence-electron chi connectivity index (χ1n) is 6.26. The molecule has 0 saturated heterocycles. The van der Waals surface area contributed by atoms with Crippen molar-refractivity contribution < 1.29 is 13.5 Å². The van der Waals surface area contributed by atoms with Gasteiger partial charge in [-0.15, -0.1) is 0 Å². The molecule has 1 atom stereocenters. The van der Waals surface area contributed by atoms with Gasteiger partial charge < -0.3 is 5.11 Å². The lowest BCUT2D eigenvalue weighted by Gasteiger charge is -2.30. The van der Waals surface area contributed by atoms with E-state index in [0.717, 1.165) is 5.56 Å². The first kappa shape index (κ1) is 16.1. The predicted octanol–water partition coefficient (Wildman–Crippen LogP) is 1.86. The third kappa shape index (κ3) is 4.93. The van der Waals surface area contributed by atoms with Crippen LogP contribution in [-0.4, -0.2) is 25.9 Å². The predicted molar refractivity (Wildman–Crippen MR) is 77.3 cm³/mol. The Morgan fingerprint density at radius 3 is 2.05 bits per heavy atom. The van der Waals surface area contributed by atoms with E-state index >= 15 is 0 Å². The summed E-state index contributed by atoms with van der Waals surface area (Å²) >= 11 is 0. The SMILES string of the molecule is CC(C)(C)CS(=O)(=O)NC(C)(CO)c1ccccc1. The molecule has 0 aliphatic carbocycles. The highest BCUT2D eigenvalue weighted by molar-refractivity contribution is 7.89. The molecule has 1 aromatic rings. The van der Waals surface area contributed by atoms with Gasteiger partial charge in [0.15, 0.2) is 0 Å². The van der Waals surface area contributed by atoms with Gasteiger partial charge in [0.25, 0.3) is 0 Å². The molecule has 0 heterocycles. The molecule has 1 rings (SSSR count). The maximum atomic E-state index is 12.2. The molecule has 5 heteroatoms. The standard InChI is InChI=1S/C14H23NO3S/c1-13(2,3)11-19(17,18)15-14(4,10-16)12-8-6-5-7-9-12/h5-9,15-16H,10-11H2,1-4H3. The normalized spacial score (nSPS) is 16.1. The summed E-state index contributed by atoms with van der Waals surface area (Å²) in [7, 11) is -3.47. The van der Waals surface area contributed by atoms with E-state index in [1.165, 1.54) is 0 Å². The van der Waals surface area contributed by atoms with Crippen LogP contribution in [0.3, 0.4) is 0 Å². The van der Waals surface area contributed by atoms with Gasteiger partial charge in [0.1, 0.15) is 0 Å². The Morgan fingerprint density at radius 2 is 1.63 bits per heavy atom. The van der Waals surface area contributed by atoms with E-state index in [1.807, 2.05) is 39.0 Å². The number of aliphatic hydroxyl groups excluding tert-OH is 1. The molecule has 0 bridgehead atoms. The van der Waals surface area contributed by atoms with Crippen molar-refractivity contribution in [1.82, 2.24) is 4.72 Å². The van der Waals surface area contributed by atoms with Crippen molar-refractivity contribution in [2.24, 2.45) is 5.41 Å². The zero-order valence-corrected chi connectivity index (χ0v) is 12.8. The summed E-state index contributed by atoms with van der Waals surface area (Å²) in [5.41, 5.74) is -0.584. The molecule has 1 unspecified atom stereocenters. The largest absolute Gasteiger partial charge is 0.394 e. The van der Waals surface area contributed by atoms with Crippen LogP contribution in [0.5, 0.6) is 0 Å². The van der Waals surface area contributed by atoms with E-state index in [0.29, 0.717) is 0 Å². The Labute approximate surface area is 115 Å². The number of hydrogen-bond acceptors (Lipinski definition) is 3. The number of benzene rings is 1. The van der Waals surface area contributed by atoms with Crippen molar-refractivity contribution in [1.29, 1.82) is 0 Å². The maximum absolute atomic E-state index is 12.2. The van der Waals surface area contributed by atoms with Gasteiger partial charge in [-0.3, -0.25) is 0 Å². The van der Waals surface area contributed by atoms with Crippen molar-refractivity contribution in [2.75, 3.05) is 12.4 Å². The summed E-state index contributed by atoms with van der Waals surface area (Å²) in [6.07, 6.45) is 0. The molecule has 0 fully saturated rings. The van der Waals surface area contributed by atoms with Crippen molar-refractivity contribution in [3.05, 3.63) is 35.9 Å². The summed E-state index contributed by atoms with van der Waals surface area (Å²) in [4.78, 5) is 0. The van der Waals surface area contributed by atoms with E-state index in [1.54, 1.807) is 19.1 Å². The monoisotopic (exact) mass is 285 g/mol. The Hall–Kier alpha value is -0.910. The highest BCUT2D eigenvalue weighted by Gasteiger charge is 2.33. The Balaban J connectivity index is 3.00. The second-order valence-corrected chi connectivity index (χ2v) is 8.00. The molecule has 0 spiro atoms. The molecule has 0 aliphatic rings. The number of aliphatic hydroxyl groups is 1. The molecule has 4 nitrogen and oxygen atoms in total. The maximum Gasteiger partial charge on any atom is 0.212 e. The lowest BCUT2D eigenvalue weighted by Crippen LogP contribution is -2.48. The molecular weight excluding hydrogens is 262 g/mol. The first-order valence-corrected chi connectivity index (χ1v) is 7.91. The molecule has 108 valence electrons. The van der Waals surface area contributed by atoms with Gasteiger partial charge >= 0.3 is 0 Å². The molecular formula is C14H23NO3S. The Kier molecular flexibility index (Phi) is 4.76. The van der Waals surface area contributed by atoms with Crippen molar-refractivity contribution in [3.63, 3.8) is 0 Å². The zero-order chi connectivity index (χ0) is 14.7. The van der Waals surface area contributed by atoms with E-state index in [-0.39, 0.29) is 17.8 Å². The van der Waals surface area contributed by atoms with Gasteiger partial charge in [0.2, 0.25) is 10.0 Å². The molecule has 1 aromatic carbocycles. The van der Waals surface area contributed by atoms with E-state index in [2.05, 4.69) is 4.72 Å². The second-order valence-electron chi connectivity index (χ2n) is 6.28. The minimum absolute atomic E-state index is 0.0163. The molecule has 2 N–H and O–H groups in total. The van der Waals surface area contributed by atoms with Gasteiger partial charge in [-0.25, -0.2) is 13.1 Å². The van der Waals surface area contributed by atoms with Crippen LogP contribution in [0.4, 0.5) is 0 Å². The van der Waals surface area contributed by atoms with Crippen LogP contribution in [0, 0.1) is 5.41 Å². The molecule has 19 heavy (non-hydrogen) atoms. The summed E-state index contributed by atoms with van der Waals surface area (Å²) < 4.78 is 27.0. The summed E-state index contributed by atoms with van der Waals surface area (Å²) in [6.45, 7) is 6.99. The fourth-order valence-electron chi connectivity index (χ4n) is 1.94. The average molecular weight is 285 g/mol. The van der Waals surface area contributed by atoms with Crippen LogP contribution in [0.15, 0.2) is 30.3 Å². The number of nitrogens with one attached hydrogen (secondary N) is 1. The van der Waals surface area contributed by atoms with Crippen LogP contribution in [-0.2, 0) is 15.6 Å². The average Bonchev–Trinajstić information content (AvgIpc) is 2.26. The van der Waals surface area contributed by atoms with Crippen molar-refractivity contribution in [2.45, 2.75) is 33.2 Å². The van der Waals surface area contributed by atoms with Gasteiger partial charge in [-0.05, 0) is 17.9 Å². The quantitative estimate of drug-likeness (QED) is 0.868. The van der Waals surface area contributed by atoms with Crippen molar-refractivity contribution in [3.8, 4) is 0 Å². The van der Waals surface area contributed by atoms with E-state index in [9.17, 15) is 13.5 Å². The van der Waals surface area contributed by atoms with Gasteiger partial charge in [0, 0.05) is 0 Å². The zero-order valence-electron chi connectivity index (χ0n) is 12.0. The van der Waals surface area contributed by atoms with Gasteiger partial charge in [-0.2, -0.15) is 0 Å². The van der Waals surface area contributed by atoms with E-state index in [4.69, 9.17) is 0 Å².